The minimum Gasteiger partial charge on any atom is -0.461 e. The molecule has 1 aromatic carbocycles. The number of aromatic nitrogens is 2. The molecule has 0 aliphatic carbocycles. The Hall–Kier alpha value is -2.19. The Morgan fingerprint density at radius 3 is 2.20 bits per heavy atom. The van der Waals surface area contributed by atoms with E-state index in [0.717, 1.165) is 18.1 Å². The van der Waals surface area contributed by atoms with E-state index in [0.29, 0.717) is 5.69 Å². The number of benzene rings is 1. The molecule has 2 aromatic rings. The van der Waals surface area contributed by atoms with E-state index in [1.165, 1.54) is 4.68 Å². The van der Waals surface area contributed by atoms with Gasteiger partial charge in [0.2, 0.25) is 0 Å². The van der Waals surface area contributed by atoms with Gasteiger partial charge >= 0.3 is 5.97 Å². The minimum absolute atomic E-state index is 0. The van der Waals surface area contributed by atoms with Crippen molar-refractivity contribution in [2.45, 2.75) is 46.6 Å². The monoisotopic (exact) mass is 369 g/mol. The molecule has 25 heavy (non-hydrogen) atoms. The zero-order chi connectivity index (χ0) is 18.3. The molecular weight excluding hydrogens is 342 g/mol. The van der Waals surface area contributed by atoms with Gasteiger partial charge < -0.3 is 4.74 Å². The molecule has 2 rings (SSSR count). The summed E-state index contributed by atoms with van der Waals surface area (Å²) >= 11 is 0. The van der Waals surface area contributed by atoms with Crippen LogP contribution in [-0.2, 0) is 21.2 Å². The van der Waals surface area contributed by atoms with Crippen LogP contribution in [-0.4, -0.2) is 30.8 Å². The van der Waals surface area contributed by atoms with Gasteiger partial charge in [-0.1, -0.05) is 40.3 Å². The zero-order valence-electron chi connectivity index (χ0n) is 14.3. The van der Waals surface area contributed by atoms with E-state index in [9.17, 15) is 13.2 Å². The number of esters is 1. The molecule has 0 saturated heterocycles. The van der Waals surface area contributed by atoms with Gasteiger partial charge in [-0.3, -0.25) is 0 Å². The Kier molecular flexibility index (Phi) is 9.08. The quantitative estimate of drug-likeness (QED) is 0.816. The molecule has 1 aromatic heterocycles. The number of nitrogens with two attached hydrogens (primary N) is 1. The summed E-state index contributed by atoms with van der Waals surface area (Å²) in [4.78, 5) is 12.0. The molecule has 1 heterocycles. The third-order valence-electron chi connectivity index (χ3n) is 3.05. The lowest BCUT2D eigenvalue weighted by atomic mass is 10.1. The maximum absolute atomic E-state index is 12.0. The number of primary sulfonamides is 1. The fourth-order valence-electron chi connectivity index (χ4n) is 1.92. The van der Waals surface area contributed by atoms with Gasteiger partial charge in [0.1, 0.15) is 0 Å². The first kappa shape index (κ1) is 22.8. The molecule has 0 fully saturated rings. The highest BCUT2D eigenvalue weighted by Gasteiger charge is 2.22. The van der Waals surface area contributed by atoms with E-state index in [2.05, 4.69) is 5.10 Å². The first-order valence-electron chi connectivity index (χ1n) is 7.76. The fourth-order valence-corrected chi connectivity index (χ4v) is 2.39. The second-order valence-corrected chi connectivity index (χ2v) is 6.07. The average molecular weight is 369 g/mol. The average Bonchev–Trinajstić information content (AvgIpc) is 3.03. The summed E-state index contributed by atoms with van der Waals surface area (Å²) < 4.78 is 29.1. The second kappa shape index (κ2) is 9.95. The van der Waals surface area contributed by atoms with Crippen LogP contribution in [0.1, 0.15) is 51.2 Å². The third kappa shape index (κ3) is 5.68. The Labute approximate surface area is 149 Å². The van der Waals surface area contributed by atoms with Gasteiger partial charge in [0.25, 0.3) is 10.0 Å². The van der Waals surface area contributed by atoms with Crippen molar-refractivity contribution in [1.29, 1.82) is 0 Å². The number of rotatable bonds is 5. The normalized spacial score (nSPS) is 10.3. The lowest BCUT2D eigenvalue weighted by molar-refractivity contribution is 0.0515. The van der Waals surface area contributed by atoms with Crippen LogP contribution in [0.25, 0.3) is 5.69 Å². The van der Waals surface area contributed by atoms with Crippen molar-refractivity contribution in [2.24, 2.45) is 5.14 Å². The molecule has 0 saturated carbocycles. The molecule has 0 amide bonds. The number of sulfonamides is 1. The molecule has 7 nitrogen and oxygen atoms in total. The molecule has 8 heteroatoms. The highest BCUT2D eigenvalue weighted by atomic mass is 32.2. The first-order chi connectivity index (χ1) is 11.4. The summed E-state index contributed by atoms with van der Waals surface area (Å²) in [7, 11) is -4.01. The summed E-state index contributed by atoms with van der Waals surface area (Å²) in [6, 6.07) is 8.37. The fraction of sp³-hybridized carbons (Fsp3) is 0.412. The van der Waals surface area contributed by atoms with Gasteiger partial charge in [-0.25, -0.2) is 23.0 Å². The van der Waals surface area contributed by atoms with Crippen LogP contribution in [0, 0.1) is 0 Å². The Bertz CT molecular complexity index is 781. The largest absolute Gasteiger partial charge is 0.461 e. The van der Waals surface area contributed by atoms with Gasteiger partial charge in [0.15, 0.2) is 10.7 Å². The standard InChI is InChI=1S/C14H17N3O4S.C2H6.CH4/c1-3-10-5-7-11(8-6-10)17-12(14(18)21-4-2)9-13(16-17)22(15,19)20;1-2;/h5-9H,3-4H2,1-2H3,(H2,15,19,20);1-2H3;1H4. The van der Waals surface area contributed by atoms with Crippen LogP contribution in [0.3, 0.4) is 0 Å². The van der Waals surface area contributed by atoms with Gasteiger partial charge in [-0.2, -0.15) is 5.10 Å². The van der Waals surface area contributed by atoms with Gasteiger partial charge in [-0.05, 0) is 31.0 Å². The van der Waals surface area contributed by atoms with Crippen molar-refractivity contribution < 1.29 is 17.9 Å². The summed E-state index contributed by atoms with van der Waals surface area (Å²) in [5, 5.41) is 8.61. The van der Waals surface area contributed by atoms with Gasteiger partial charge in [-0.15, -0.1) is 0 Å². The molecule has 0 aliphatic heterocycles. The summed E-state index contributed by atoms with van der Waals surface area (Å²) in [6.45, 7) is 7.85. The maximum Gasteiger partial charge on any atom is 0.357 e. The number of carbonyl (C=O) groups is 1. The number of nitrogens with zero attached hydrogens (tertiary/aromatic N) is 2. The number of carbonyl (C=O) groups excluding carboxylic acids is 1. The van der Waals surface area contributed by atoms with E-state index in [4.69, 9.17) is 9.88 Å². The number of aryl methyl sites for hydroxylation is 1. The van der Waals surface area contributed by atoms with Crippen molar-refractivity contribution in [3.63, 3.8) is 0 Å². The molecule has 0 radical (unpaired) electrons. The summed E-state index contributed by atoms with van der Waals surface area (Å²) in [5.74, 6) is -0.663. The molecule has 140 valence electrons. The number of hydrogen-bond donors (Lipinski definition) is 1. The smallest absolute Gasteiger partial charge is 0.357 e. The highest BCUT2D eigenvalue weighted by Crippen LogP contribution is 2.17. The molecule has 0 unspecified atom stereocenters. The van der Waals surface area contributed by atoms with Crippen molar-refractivity contribution in [1.82, 2.24) is 9.78 Å². The number of ether oxygens (including phenoxy) is 1. The van der Waals surface area contributed by atoms with Crippen LogP contribution in [0.2, 0.25) is 0 Å². The van der Waals surface area contributed by atoms with Crippen molar-refractivity contribution in [3.05, 3.63) is 41.6 Å². The van der Waals surface area contributed by atoms with Gasteiger partial charge in [0.05, 0.1) is 12.3 Å². The summed E-state index contributed by atoms with van der Waals surface area (Å²) in [6.07, 6.45) is 0.868. The van der Waals surface area contributed by atoms with Crippen LogP contribution < -0.4 is 5.14 Å². The van der Waals surface area contributed by atoms with Crippen LogP contribution in [0.4, 0.5) is 0 Å². The Balaban J connectivity index is 0.00000185. The summed E-state index contributed by atoms with van der Waals surface area (Å²) in [5.41, 5.74) is 1.67. The van der Waals surface area contributed by atoms with Gasteiger partial charge in [0, 0.05) is 6.07 Å². The van der Waals surface area contributed by atoms with E-state index in [1.807, 2.05) is 32.9 Å². The van der Waals surface area contributed by atoms with E-state index in [-0.39, 0.29) is 24.8 Å². The lowest BCUT2D eigenvalue weighted by Crippen LogP contribution is -2.13. The molecular formula is C17H27N3O4S. The maximum atomic E-state index is 12.0. The molecule has 2 N–H and O–H groups in total. The van der Waals surface area contributed by atoms with Crippen LogP contribution in [0.15, 0.2) is 35.4 Å². The Morgan fingerprint density at radius 1 is 1.20 bits per heavy atom. The van der Waals surface area contributed by atoms with E-state index in [1.54, 1.807) is 19.1 Å². The highest BCUT2D eigenvalue weighted by molar-refractivity contribution is 7.89. The molecule has 0 atom stereocenters. The molecule has 0 bridgehead atoms. The topological polar surface area (TPSA) is 104 Å². The van der Waals surface area contributed by atoms with Crippen LogP contribution in [0.5, 0.6) is 0 Å². The third-order valence-corrected chi connectivity index (χ3v) is 3.83. The number of hydrogen-bond acceptors (Lipinski definition) is 5. The predicted octanol–water partition coefficient (Wildman–Crippen LogP) is 2.92. The van der Waals surface area contributed by atoms with Crippen LogP contribution >= 0.6 is 0 Å². The first-order valence-corrected chi connectivity index (χ1v) is 9.30. The Morgan fingerprint density at radius 2 is 1.76 bits per heavy atom. The predicted molar refractivity (Wildman–Crippen MR) is 98.4 cm³/mol. The molecule has 0 spiro atoms. The minimum atomic E-state index is -4.01. The molecule has 0 aliphatic rings. The van der Waals surface area contributed by atoms with Crippen molar-refractivity contribution in [2.75, 3.05) is 6.61 Å². The van der Waals surface area contributed by atoms with Crippen molar-refractivity contribution in [3.8, 4) is 5.69 Å². The second-order valence-electron chi connectivity index (χ2n) is 4.57. The lowest BCUT2D eigenvalue weighted by Gasteiger charge is -2.07. The van der Waals surface area contributed by atoms with E-state index >= 15 is 0 Å². The van der Waals surface area contributed by atoms with Crippen molar-refractivity contribution >= 4 is 16.0 Å². The SMILES string of the molecule is C.CC.CCOC(=O)c1cc(S(N)(=O)=O)nn1-c1ccc(CC)cc1. The zero-order valence-corrected chi connectivity index (χ0v) is 15.1. The van der Waals surface area contributed by atoms with E-state index < -0.39 is 16.0 Å².